The summed E-state index contributed by atoms with van der Waals surface area (Å²) in [5.74, 6) is -0.0422. The number of carbonyl (C=O) groups excluding carboxylic acids is 2. The minimum absolute atomic E-state index is 0.0546. The van der Waals surface area contributed by atoms with Crippen LogP contribution in [-0.4, -0.2) is 27.6 Å². The van der Waals surface area contributed by atoms with Crippen LogP contribution >= 0.6 is 0 Å². The summed E-state index contributed by atoms with van der Waals surface area (Å²) in [6, 6.07) is 9.25. The molecule has 1 fully saturated rings. The summed E-state index contributed by atoms with van der Waals surface area (Å²) in [5, 5.41) is 10.0. The van der Waals surface area contributed by atoms with Crippen molar-refractivity contribution in [3.05, 3.63) is 48.3 Å². The molecule has 2 N–H and O–H groups in total. The van der Waals surface area contributed by atoms with Crippen LogP contribution in [0.3, 0.4) is 0 Å². The molecule has 1 unspecified atom stereocenters. The largest absolute Gasteiger partial charge is 0.353 e. The lowest BCUT2D eigenvalue weighted by atomic mass is 10.1. The number of aromatic nitrogens is 2. The molecule has 0 saturated heterocycles. The van der Waals surface area contributed by atoms with Gasteiger partial charge in [-0.25, -0.2) is 0 Å². The van der Waals surface area contributed by atoms with E-state index in [2.05, 4.69) is 15.7 Å². The van der Waals surface area contributed by atoms with Gasteiger partial charge in [-0.2, -0.15) is 5.10 Å². The van der Waals surface area contributed by atoms with E-state index in [0.717, 1.165) is 24.1 Å². The lowest BCUT2D eigenvalue weighted by Crippen LogP contribution is -2.27. The number of hydrogen-bond acceptors (Lipinski definition) is 3. The van der Waals surface area contributed by atoms with Gasteiger partial charge in [-0.15, -0.1) is 0 Å². The number of rotatable bonds is 7. The van der Waals surface area contributed by atoms with Crippen molar-refractivity contribution in [1.29, 1.82) is 0 Å². The Hall–Kier alpha value is -2.63. The Morgan fingerprint density at radius 3 is 2.62 bits per heavy atom. The quantitative estimate of drug-likeness (QED) is 0.819. The number of amides is 2. The number of anilines is 1. The van der Waals surface area contributed by atoms with Gasteiger partial charge < -0.3 is 10.6 Å². The van der Waals surface area contributed by atoms with Gasteiger partial charge in [-0.05, 0) is 43.0 Å². The van der Waals surface area contributed by atoms with Crippen molar-refractivity contribution in [2.75, 3.05) is 5.32 Å². The zero-order valence-corrected chi connectivity index (χ0v) is 13.7. The number of nitrogens with zero attached hydrogens (tertiary/aromatic N) is 2. The highest BCUT2D eigenvalue weighted by molar-refractivity contribution is 5.93. The van der Waals surface area contributed by atoms with Gasteiger partial charge in [0.15, 0.2) is 0 Å². The van der Waals surface area contributed by atoms with Gasteiger partial charge in [0.2, 0.25) is 11.8 Å². The summed E-state index contributed by atoms with van der Waals surface area (Å²) in [4.78, 5) is 24.2. The van der Waals surface area contributed by atoms with Gasteiger partial charge in [0.25, 0.3) is 0 Å². The Balaban J connectivity index is 1.56. The van der Waals surface area contributed by atoms with E-state index in [0.29, 0.717) is 18.9 Å². The minimum atomic E-state index is -0.330. The molecule has 0 radical (unpaired) electrons. The molecule has 1 aromatic carbocycles. The molecule has 6 heteroatoms. The topological polar surface area (TPSA) is 76.0 Å². The molecule has 1 saturated carbocycles. The predicted octanol–water partition coefficient (Wildman–Crippen LogP) is 2.29. The Labute approximate surface area is 141 Å². The molecule has 2 amide bonds. The van der Waals surface area contributed by atoms with Crippen molar-refractivity contribution in [3.63, 3.8) is 0 Å². The van der Waals surface area contributed by atoms with Gasteiger partial charge in [-0.1, -0.05) is 19.1 Å². The maximum Gasteiger partial charge on any atom is 0.249 e. The molecule has 24 heavy (non-hydrogen) atoms. The van der Waals surface area contributed by atoms with Crippen LogP contribution in [0.1, 0.15) is 37.8 Å². The van der Waals surface area contributed by atoms with E-state index in [9.17, 15) is 9.59 Å². The lowest BCUT2D eigenvalue weighted by molar-refractivity contribution is -0.121. The van der Waals surface area contributed by atoms with Gasteiger partial charge in [0.05, 0.1) is 6.42 Å². The smallest absolute Gasteiger partial charge is 0.249 e. The highest BCUT2D eigenvalue weighted by Crippen LogP contribution is 2.19. The van der Waals surface area contributed by atoms with Crippen molar-refractivity contribution >= 4 is 17.5 Å². The number of benzene rings is 1. The van der Waals surface area contributed by atoms with Crippen LogP contribution in [0.2, 0.25) is 0 Å². The van der Waals surface area contributed by atoms with Crippen LogP contribution < -0.4 is 10.6 Å². The first-order chi connectivity index (χ1) is 11.7. The number of nitrogens with one attached hydrogen (secondary N) is 2. The zero-order valence-electron chi connectivity index (χ0n) is 13.7. The van der Waals surface area contributed by atoms with E-state index >= 15 is 0 Å². The number of carbonyl (C=O) groups is 2. The summed E-state index contributed by atoms with van der Waals surface area (Å²) in [7, 11) is 0. The second-order valence-corrected chi connectivity index (χ2v) is 6.11. The molecular formula is C18H22N4O2. The van der Waals surface area contributed by atoms with Crippen LogP contribution in [0.5, 0.6) is 0 Å². The second-order valence-electron chi connectivity index (χ2n) is 6.11. The molecule has 1 aromatic heterocycles. The van der Waals surface area contributed by atoms with Gasteiger partial charge in [0, 0.05) is 24.1 Å². The third kappa shape index (κ3) is 4.22. The Morgan fingerprint density at radius 1 is 1.29 bits per heavy atom. The molecule has 1 aliphatic rings. The second kappa shape index (κ2) is 7.29. The van der Waals surface area contributed by atoms with Gasteiger partial charge >= 0.3 is 0 Å². The molecule has 126 valence electrons. The van der Waals surface area contributed by atoms with Crippen molar-refractivity contribution in [3.8, 4) is 0 Å². The molecular weight excluding hydrogens is 304 g/mol. The van der Waals surface area contributed by atoms with Crippen molar-refractivity contribution in [1.82, 2.24) is 15.1 Å². The van der Waals surface area contributed by atoms with Crippen LogP contribution in [0.15, 0.2) is 42.7 Å². The Bertz CT molecular complexity index is 690. The highest BCUT2D eigenvalue weighted by atomic mass is 16.2. The predicted molar refractivity (Wildman–Crippen MR) is 91.5 cm³/mol. The van der Waals surface area contributed by atoms with Crippen LogP contribution in [-0.2, 0) is 16.0 Å². The van der Waals surface area contributed by atoms with Crippen LogP contribution in [0.4, 0.5) is 5.69 Å². The first-order valence-corrected chi connectivity index (χ1v) is 8.34. The molecule has 1 heterocycles. The fraction of sp³-hybridized carbons (Fsp3) is 0.389. The van der Waals surface area contributed by atoms with Gasteiger partial charge in [-0.3, -0.25) is 14.3 Å². The summed E-state index contributed by atoms with van der Waals surface area (Å²) in [6.45, 7) is 1.95. The van der Waals surface area contributed by atoms with E-state index in [1.807, 2.05) is 31.2 Å². The third-order valence-corrected chi connectivity index (χ3v) is 4.06. The van der Waals surface area contributed by atoms with E-state index in [-0.39, 0.29) is 17.9 Å². The fourth-order valence-corrected chi connectivity index (χ4v) is 2.58. The minimum Gasteiger partial charge on any atom is -0.353 e. The van der Waals surface area contributed by atoms with E-state index in [4.69, 9.17) is 0 Å². The lowest BCUT2D eigenvalue weighted by Gasteiger charge is -2.15. The maximum atomic E-state index is 12.4. The van der Waals surface area contributed by atoms with Crippen LogP contribution in [0, 0.1) is 0 Å². The maximum absolute atomic E-state index is 12.4. The molecule has 1 atom stereocenters. The van der Waals surface area contributed by atoms with Crippen molar-refractivity contribution in [2.45, 2.75) is 44.7 Å². The van der Waals surface area contributed by atoms with E-state index < -0.39 is 0 Å². The SMILES string of the molecule is CCC(C(=O)Nc1ccc(CC(=O)NC2CC2)cc1)n1cccn1. The third-order valence-electron chi connectivity index (χ3n) is 4.06. The van der Waals surface area contributed by atoms with Crippen LogP contribution in [0.25, 0.3) is 0 Å². The first kappa shape index (κ1) is 16.2. The van der Waals surface area contributed by atoms with E-state index in [1.165, 1.54) is 0 Å². The first-order valence-electron chi connectivity index (χ1n) is 8.34. The normalized spacial score (nSPS) is 14.9. The summed E-state index contributed by atoms with van der Waals surface area (Å²) in [6.07, 6.45) is 6.66. The Kier molecular flexibility index (Phi) is 4.93. The average molecular weight is 326 g/mol. The molecule has 0 spiro atoms. The van der Waals surface area contributed by atoms with E-state index in [1.54, 1.807) is 23.1 Å². The molecule has 0 bridgehead atoms. The molecule has 2 aromatic rings. The molecule has 0 aliphatic heterocycles. The Morgan fingerprint density at radius 2 is 2.04 bits per heavy atom. The zero-order chi connectivity index (χ0) is 16.9. The summed E-state index contributed by atoms with van der Waals surface area (Å²) < 4.78 is 1.66. The molecule has 1 aliphatic carbocycles. The molecule has 6 nitrogen and oxygen atoms in total. The summed E-state index contributed by atoms with van der Waals surface area (Å²) in [5.41, 5.74) is 1.65. The van der Waals surface area contributed by atoms with Crippen molar-refractivity contribution in [2.24, 2.45) is 0 Å². The highest BCUT2D eigenvalue weighted by Gasteiger charge is 2.23. The fourth-order valence-electron chi connectivity index (χ4n) is 2.58. The monoisotopic (exact) mass is 326 g/mol. The standard InChI is InChI=1S/C18H22N4O2/c1-2-16(22-11-3-10-19-22)18(24)21-15-6-4-13(5-7-15)12-17(23)20-14-8-9-14/h3-7,10-11,14,16H,2,8-9,12H2,1H3,(H,20,23)(H,21,24). The number of hydrogen-bond donors (Lipinski definition) is 2. The molecule has 3 rings (SSSR count). The summed E-state index contributed by atoms with van der Waals surface area (Å²) >= 11 is 0. The average Bonchev–Trinajstić information content (AvgIpc) is 3.21. The van der Waals surface area contributed by atoms with Crippen molar-refractivity contribution < 1.29 is 9.59 Å². The van der Waals surface area contributed by atoms with Gasteiger partial charge in [0.1, 0.15) is 6.04 Å².